The van der Waals surface area contributed by atoms with Gasteiger partial charge in [-0.1, -0.05) is 48.5 Å². The molecule has 2 aromatic rings. The van der Waals surface area contributed by atoms with E-state index in [1.165, 1.54) is 4.90 Å². The first-order valence-electron chi connectivity index (χ1n) is 10.8. The minimum Gasteiger partial charge on any atom is -0.481 e. The molecule has 0 radical (unpaired) electrons. The average Bonchev–Trinajstić information content (AvgIpc) is 3.31. The number of hydrogen-bond donors (Lipinski definition) is 1. The summed E-state index contributed by atoms with van der Waals surface area (Å²) >= 11 is 0. The second-order valence-corrected chi connectivity index (χ2v) is 11.4. The lowest BCUT2D eigenvalue weighted by molar-refractivity contribution is -0.145. The van der Waals surface area contributed by atoms with Gasteiger partial charge in [0, 0.05) is 24.4 Å². The minimum absolute atomic E-state index is 0.0324. The van der Waals surface area contributed by atoms with Crippen LogP contribution in [-0.2, 0) is 19.4 Å². The number of likely N-dealkylation sites (tertiary alicyclic amines) is 1. The first kappa shape index (κ1) is 21.0. The Morgan fingerprint density at radius 2 is 1.56 bits per heavy atom. The van der Waals surface area contributed by atoms with Crippen molar-refractivity contribution in [2.75, 3.05) is 31.2 Å². The number of carboxylic acids is 1. The van der Waals surface area contributed by atoms with E-state index in [0.717, 1.165) is 22.3 Å². The van der Waals surface area contributed by atoms with Gasteiger partial charge in [0.05, 0.1) is 17.4 Å². The Morgan fingerprint density at radius 1 is 1.00 bits per heavy atom. The number of carbonyl (C=O) groups is 2. The number of benzene rings is 2. The molecule has 0 saturated carbocycles. The molecule has 8 heteroatoms. The number of carbonyl (C=O) groups excluding carboxylic acids is 1. The molecule has 1 N–H and O–H groups in total. The lowest BCUT2D eigenvalue weighted by Gasteiger charge is -2.35. The normalized spacial score (nSPS) is 23.0. The van der Waals surface area contributed by atoms with Crippen molar-refractivity contribution in [2.45, 2.75) is 18.8 Å². The van der Waals surface area contributed by atoms with Crippen molar-refractivity contribution in [2.24, 2.45) is 11.3 Å². The first-order valence-corrected chi connectivity index (χ1v) is 12.6. The van der Waals surface area contributed by atoms with Crippen LogP contribution < -0.4 is 0 Å². The summed E-state index contributed by atoms with van der Waals surface area (Å²) in [5, 5.41) is 9.75. The Balaban J connectivity index is 1.32. The summed E-state index contributed by atoms with van der Waals surface area (Å²) in [4.78, 5) is 26.3. The topological polar surface area (TPSA) is 101 Å². The largest absolute Gasteiger partial charge is 0.481 e. The van der Waals surface area contributed by atoms with Crippen molar-refractivity contribution >= 4 is 21.9 Å². The molecule has 0 bridgehead atoms. The number of rotatable bonds is 3. The van der Waals surface area contributed by atoms with Crippen LogP contribution in [0.1, 0.15) is 29.9 Å². The molecule has 0 unspecified atom stereocenters. The third kappa shape index (κ3) is 3.46. The van der Waals surface area contributed by atoms with Crippen LogP contribution in [0.2, 0.25) is 0 Å². The molecular formula is C24H25NO6S. The first-order chi connectivity index (χ1) is 15.3. The molecule has 1 aliphatic carbocycles. The predicted octanol–water partition coefficient (Wildman–Crippen LogP) is 3.15. The summed E-state index contributed by atoms with van der Waals surface area (Å²) in [5.74, 6) is -1.90. The molecule has 2 fully saturated rings. The van der Waals surface area contributed by atoms with Crippen LogP contribution in [0.5, 0.6) is 0 Å². The van der Waals surface area contributed by atoms with Crippen LogP contribution in [0, 0.1) is 11.3 Å². The zero-order valence-corrected chi connectivity index (χ0v) is 18.4. The van der Waals surface area contributed by atoms with Crippen molar-refractivity contribution in [1.29, 1.82) is 0 Å². The average molecular weight is 456 g/mol. The van der Waals surface area contributed by atoms with Gasteiger partial charge in [-0.2, -0.15) is 0 Å². The highest BCUT2D eigenvalue weighted by Crippen LogP contribution is 2.47. The van der Waals surface area contributed by atoms with E-state index >= 15 is 0 Å². The monoisotopic (exact) mass is 455 g/mol. The molecule has 2 saturated heterocycles. The van der Waals surface area contributed by atoms with E-state index < -0.39 is 33.2 Å². The Morgan fingerprint density at radius 3 is 2.12 bits per heavy atom. The summed E-state index contributed by atoms with van der Waals surface area (Å²) in [5.41, 5.74) is 3.79. The van der Waals surface area contributed by atoms with E-state index in [1.54, 1.807) is 0 Å². The molecule has 3 aliphatic rings. The van der Waals surface area contributed by atoms with Crippen LogP contribution in [0.25, 0.3) is 11.1 Å². The zero-order chi connectivity index (χ0) is 22.5. The number of aliphatic carboxylic acids is 1. The molecule has 2 aromatic carbocycles. The number of fused-ring (bicyclic) bond motifs is 3. The molecule has 168 valence electrons. The van der Waals surface area contributed by atoms with Gasteiger partial charge >= 0.3 is 12.1 Å². The number of ether oxygens (including phenoxy) is 1. The number of amides is 1. The lowest BCUT2D eigenvalue weighted by Crippen LogP contribution is -2.42. The molecule has 32 heavy (non-hydrogen) atoms. The van der Waals surface area contributed by atoms with Crippen LogP contribution >= 0.6 is 0 Å². The zero-order valence-electron chi connectivity index (χ0n) is 17.6. The lowest BCUT2D eigenvalue weighted by atomic mass is 9.73. The highest BCUT2D eigenvalue weighted by Gasteiger charge is 2.54. The van der Waals surface area contributed by atoms with Gasteiger partial charge in [0.25, 0.3) is 0 Å². The predicted molar refractivity (Wildman–Crippen MR) is 118 cm³/mol. The smallest absolute Gasteiger partial charge is 0.409 e. The third-order valence-corrected chi connectivity index (χ3v) is 9.01. The van der Waals surface area contributed by atoms with E-state index in [2.05, 4.69) is 12.1 Å². The maximum Gasteiger partial charge on any atom is 0.409 e. The van der Waals surface area contributed by atoms with Crippen LogP contribution in [0.3, 0.4) is 0 Å². The third-order valence-electron chi connectivity index (χ3n) is 7.36. The van der Waals surface area contributed by atoms with E-state index in [0.29, 0.717) is 0 Å². The highest BCUT2D eigenvalue weighted by atomic mass is 32.2. The molecule has 5 rings (SSSR count). The van der Waals surface area contributed by atoms with Crippen molar-refractivity contribution in [3.63, 3.8) is 0 Å². The van der Waals surface area contributed by atoms with Crippen molar-refractivity contribution in [3.8, 4) is 11.1 Å². The second-order valence-electron chi connectivity index (χ2n) is 9.09. The standard InChI is InChI=1S/C24H25NO6S/c26-22(27)21-13-25(15-24(21)9-11-32(29,30)12-10-24)23(28)31-14-20-18-7-3-1-5-16(18)17-6-2-4-8-19(17)20/h1-8,20-21H,9-15H2,(H,26,27)/t21-/m0/s1. The van der Waals surface area contributed by atoms with Crippen molar-refractivity contribution in [1.82, 2.24) is 4.90 Å². The second kappa shape index (κ2) is 7.62. The molecule has 1 atom stereocenters. The van der Waals surface area contributed by atoms with Crippen LogP contribution in [0.4, 0.5) is 4.79 Å². The summed E-state index contributed by atoms with van der Waals surface area (Å²) < 4.78 is 29.5. The minimum atomic E-state index is -3.14. The Hall–Kier alpha value is -2.87. The highest BCUT2D eigenvalue weighted by molar-refractivity contribution is 7.91. The molecule has 1 amide bonds. The summed E-state index contributed by atoms with van der Waals surface area (Å²) in [6.45, 7) is 0.435. The summed E-state index contributed by atoms with van der Waals surface area (Å²) in [6, 6.07) is 16.1. The van der Waals surface area contributed by atoms with Crippen molar-refractivity contribution in [3.05, 3.63) is 59.7 Å². The number of carboxylic acid groups (broad SMARTS) is 1. The van der Waals surface area contributed by atoms with E-state index in [-0.39, 0.29) is 50.0 Å². The maximum absolute atomic E-state index is 12.9. The molecular weight excluding hydrogens is 430 g/mol. The van der Waals surface area contributed by atoms with Gasteiger partial charge < -0.3 is 14.7 Å². The van der Waals surface area contributed by atoms with Gasteiger partial charge in [0.1, 0.15) is 16.4 Å². The van der Waals surface area contributed by atoms with E-state index in [4.69, 9.17) is 4.74 Å². The molecule has 2 aliphatic heterocycles. The molecule has 2 heterocycles. The fourth-order valence-electron chi connectivity index (χ4n) is 5.58. The molecule has 1 spiro atoms. The van der Waals surface area contributed by atoms with Gasteiger partial charge in [-0.25, -0.2) is 13.2 Å². The van der Waals surface area contributed by atoms with Crippen LogP contribution in [0.15, 0.2) is 48.5 Å². The fraction of sp³-hybridized carbons (Fsp3) is 0.417. The van der Waals surface area contributed by atoms with Gasteiger partial charge in [-0.15, -0.1) is 0 Å². The molecule has 0 aromatic heterocycles. The fourth-order valence-corrected chi connectivity index (χ4v) is 7.22. The van der Waals surface area contributed by atoms with Crippen molar-refractivity contribution < 1.29 is 27.9 Å². The van der Waals surface area contributed by atoms with E-state index in [9.17, 15) is 23.1 Å². The Labute approximate surface area is 186 Å². The molecule has 7 nitrogen and oxygen atoms in total. The van der Waals surface area contributed by atoms with Gasteiger partial charge in [-0.3, -0.25) is 4.79 Å². The Bertz CT molecular complexity index is 1130. The van der Waals surface area contributed by atoms with Gasteiger partial charge in [-0.05, 0) is 35.1 Å². The number of sulfone groups is 1. The maximum atomic E-state index is 12.9. The summed E-state index contributed by atoms with van der Waals surface area (Å²) in [6.07, 6.45) is -0.0118. The SMILES string of the molecule is O=C(O)[C@@H]1CN(C(=O)OCC2c3ccccc3-c3ccccc32)CC12CCS(=O)(=O)CC2. The van der Waals surface area contributed by atoms with E-state index in [1.807, 2.05) is 36.4 Å². The van der Waals surface area contributed by atoms with Gasteiger partial charge in [0.2, 0.25) is 0 Å². The van der Waals surface area contributed by atoms with Crippen LogP contribution in [-0.4, -0.2) is 61.7 Å². The number of hydrogen-bond acceptors (Lipinski definition) is 5. The summed E-state index contributed by atoms with van der Waals surface area (Å²) in [7, 11) is -3.14. The Kier molecular flexibility index (Phi) is 5.00. The quantitative estimate of drug-likeness (QED) is 0.763. The number of nitrogens with zero attached hydrogens (tertiary/aromatic N) is 1. The van der Waals surface area contributed by atoms with Gasteiger partial charge in [0.15, 0.2) is 0 Å².